The minimum atomic E-state index is -0.653. The Morgan fingerprint density at radius 2 is 1.74 bits per heavy atom. The van der Waals surface area contributed by atoms with Gasteiger partial charge in [0.05, 0.1) is 4.24 Å². The predicted octanol–water partition coefficient (Wildman–Crippen LogP) is 2.45. The maximum absolute atomic E-state index is 12.1. The summed E-state index contributed by atoms with van der Waals surface area (Å²) in [4.78, 5) is 23.5. The number of hydrogen-bond acceptors (Lipinski definition) is 4. The van der Waals surface area contributed by atoms with E-state index in [1.807, 2.05) is 30.3 Å². The van der Waals surface area contributed by atoms with E-state index in [9.17, 15) is 9.59 Å². The largest absolute Gasteiger partial charge is 0.365 e. The van der Waals surface area contributed by atoms with Gasteiger partial charge < -0.3 is 5.73 Å². The standard InChI is InChI=1S/C14H13NO2S2/c15-13(17)12(14-18-8-9-19-14)11(16)7-6-10-4-2-1-3-5-10/h1-7H,8-9H2,(H2,15,17)/b7-6+. The van der Waals surface area contributed by atoms with Crippen molar-refractivity contribution in [2.75, 3.05) is 11.5 Å². The van der Waals surface area contributed by atoms with E-state index >= 15 is 0 Å². The Morgan fingerprint density at radius 3 is 2.32 bits per heavy atom. The Hall–Kier alpha value is -1.46. The summed E-state index contributed by atoms with van der Waals surface area (Å²) in [5.41, 5.74) is 6.33. The van der Waals surface area contributed by atoms with Gasteiger partial charge in [-0.15, -0.1) is 23.5 Å². The number of primary amides is 1. The SMILES string of the molecule is NC(=O)C(C(=O)/C=C/c1ccccc1)=C1SCCS1. The lowest BCUT2D eigenvalue weighted by molar-refractivity contribution is -0.118. The highest BCUT2D eigenvalue weighted by Gasteiger charge is 2.22. The molecule has 98 valence electrons. The van der Waals surface area contributed by atoms with Gasteiger partial charge in [0, 0.05) is 11.5 Å². The average molecular weight is 291 g/mol. The monoisotopic (exact) mass is 291 g/mol. The molecular formula is C14H13NO2S2. The molecule has 2 rings (SSSR count). The first-order valence-electron chi connectivity index (χ1n) is 5.75. The normalized spacial score (nSPS) is 14.8. The lowest BCUT2D eigenvalue weighted by Gasteiger charge is -2.02. The number of rotatable bonds is 4. The number of allylic oxidation sites excluding steroid dienone is 1. The van der Waals surface area contributed by atoms with Gasteiger partial charge in [0.25, 0.3) is 5.91 Å². The molecular weight excluding hydrogens is 278 g/mol. The third-order valence-corrected chi connectivity index (χ3v) is 5.19. The second kappa shape index (κ2) is 6.63. The van der Waals surface area contributed by atoms with Crippen molar-refractivity contribution in [3.8, 4) is 0 Å². The van der Waals surface area contributed by atoms with Crippen LogP contribution in [-0.4, -0.2) is 23.2 Å². The highest BCUT2D eigenvalue weighted by molar-refractivity contribution is 8.25. The van der Waals surface area contributed by atoms with E-state index < -0.39 is 5.91 Å². The van der Waals surface area contributed by atoms with Crippen molar-refractivity contribution in [1.82, 2.24) is 0 Å². The molecule has 0 radical (unpaired) electrons. The van der Waals surface area contributed by atoms with Gasteiger partial charge >= 0.3 is 0 Å². The van der Waals surface area contributed by atoms with Gasteiger partial charge in [-0.05, 0) is 11.6 Å². The van der Waals surface area contributed by atoms with E-state index in [0.717, 1.165) is 21.3 Å². The molecule has 0 spiro atoms. The molecule has 1 fully saturated rings. The highest BCUT2D eigenvalue weighted by Crippen LogP contribution is 2.38. The zero-order chi connectivity index (χ0) is 13.7. The third-order valence-electron chi connectivity index (χ3n) is 2.47. The van der Waals surface area contributed by atoms with Crippen LogP contribution in [0.25, 0.3) is 6.08 Å². The zero-order valence-corrected chi connectivity index (χ0v) is 11.8. The van der Waals surface area contributed by atoms with Gasteiger partial charge in [-0.3, -0.25) is 9.59 Å². The summed E-state index contributed by atoms with van der Waals surface area (Å²) in [6, 6.07) is 9.46. The van der Waals surface area contributed by atoms with E-state index in [0.29, 0.717) is 0 Å². The number of carbonyl (C=O) groups is 2. The molecule has 0 bridgehead atoms. The molecule has 0 aromatic heterocycles. The molecule has 1 aliphatic rings. The number of nitrogens with two attached hydrogens (primary N) is 1. The van der Waals surface area contributed by atoms with Crippen LogP contribution in [-0.2, 0) is 9.59 Å². The molecule has 0 unspecified atom stereocenters. The fourth-order valence-corrected chi connectivity index (χ4v) is 4.16. The Labute approximate surface area is 120 Å². The van der Waals surface area contributed by atoms with E-state index in [1.54, 1.807) is 6.08 Å². The number of thioether (sulfide) groups is 2. The van der Waals surface area contributed by atoms with Crippen molar-refractivity contribution < 1.29 is 9.59 Å². The Morgan fingerprint density at radius 1 is 1.11 bits per heavy atom. The van der Waals surface area contributed by atoms with Crippen LogP contribution in [0.1, 0.15) is 5.56 Å². The summed E-state index contributed by atoms with van der Waals surface area (Å²) in [5, 5.41) is 0. The van der Waals surface area contributed by atoms with Crippen molar-refractivity contribution >= 4 is 41.3 Å². The minimum absolute atomic E-state index is 0.111. The fourth-order valence-electron chi connectivity index (χ4n) is 1.60. The molecule has 0 aliphatic carbocycles. The Kier molecular flexibility index (Phi) is 4.87. The van der Waals surface area contributed by atoms with Crippen LogP contribution < -0.4 is 5.73 Å². The summed E-state index contributed by atoms with van der Waals surface area (Å²) in [6.45, 7) is 0. The van der Waals surface area contributed by atoms with Gasteiger partial charge in [-0.1, -0.05) is 36.4 Å². The molecule has 1 amide bonds. The molecule has 1 aromatic carbocycles. The van der Waals surface area contributed by atoms with Crippen LogP contribution in [0.15, 0.2) is 46.2 Å². The smallest absolute Gasteiger partial charge is 0.254 e. The first kappa shape index (κ1) is 14.0. The van der Waals surface area contributed by atoms with Gasteiger partial charge in [-0.2, -0.15) is 0 Å². The van der Waals surface area contributed by atoms with Crippen LogP contribution in [0.3, 0.4) is 0 Å². The second-order valence-corrected chi connectivity index (χ2v) is 6.30. The summed E-state index contributed by atoms with van der Waals surface area (Å²) in [7, 11) is 0. The lowest BCUT2D eigenvalue weighted by Crippen LogP contribution is -2.20. The molecule has 1 aromatic rings. The number of benzene rings is 1. The summed E-state index contributed by atoms with van der Waals surface area (Å²) >= 11 is 3.03. The van der Waals surface area contributed by atoms with Gasteiger partial charge in [0.15, 0.2) is 5.78 Å². The van der Waals surface area contributed by atoms with Gasteiger partial charge in [0.2, 0.25) is 0 Å². The van der Waals surface area contributed by atoms with Crippen LogP contribution >= 0.6 is 23.5 Å². The highest BCUT2D eigenvalue weighted by atomic mass is 32.2. The molecule has 0 saturated carbocycles. The molecule has 1 aliphatic heterocycles. The first-order chi connectivity index (χ1) is 9.18. The fraction of sp³-hybridized carbons (Fsp3) is 0.143. The summed E-state index contributed by atoms with van der Waals surface area (Å²) in [6.07, 6.45) is 3.10. The Balaban J connectivity index is 2.20. The Bertz CT molecular complexity index is 542. The number of carbonyl (C=O) groups excluding carboxylic acids is 2. The van der Waals surface area contributed by atoms with E-state index in [1.165, 1.54) is 29.6 Å². The van der Waals surface area contributed by atoms with Crippen molar-refractivity contribution in [2.24, 2.45) is 5.73 Å². The van der Waals surface area contributed by atoms with Crippen LogP contribution in [0.4, 0.5) is 0 Å². The van der Waals surface area contributed by atoms with E-state index in [2.05, 4.69) is 0 Å². The molecule has 1 saturated heterocycles. The molecule has 19 heavy (non-hydrogen) atoms. The summed E-state index contributed by atoms with van der Waals surface area (Å²) < 4.78 is 0.746. The number of ketones is 1. The van der Waals surface area contributed by atoms with Crippen LogP contribution in [0.5, 0.6) is 0 Å². The molecule has 5 heteroatoms. The molecule has 0 atom stereocenters. The maximum atomic E-state index is 12.1. The number of hydrogen-bond donors (Lipinski definition) is 1. The van der Waals surface area contributed by atoms with Crippen molar-refractivity contribution in [1.29, 1.82) is 0 Å². The molecule has 3 nitrogen and oxygen atoms in total. The zero-order valence-electron chi connectivity index (χ0n) is 10.2. The predicted molar refractivity (Wildman–Crippen MR) is 81.6 cm³/mol. The van der Waals surface area contributed by atoms with Gasteiger partial charge in [0.1, 0.15) is 5.57 Å². The minimum Gasteiger partial charge on any atom is -0.365 e. The van der Waals surface area contributed by atoms with Crippen molar-refractivity contribution in [3.63, 3.8) is 0 Å². The van der Waals surface area contributed by atoms with Gasteiger partial charge in [-0.25, -0.2) is 0 Å². The van der Waals surface area contributed by atoms with Crippen LogP contribution in [0.2, 0.25) is 0 Å². The first-order valence-corrected chi connectivity index (χ1v) is 7.73. The maximum Gasteiger partial charge on any atom is 0.254 e. The summed E-state index contributed by atoms with van der Waals surface area (Å²) in [5.74, 6) is 0.840. The average Bonchev–Trinajstić information content (AvgIpc) is 2.91. The number of amides is 1. The quantitative estimate of drug-likeness (QED) is 0.526. The van der Waals surface area contributed by atoms with E-state index in [4.69, 9.17) is 5.73 Å². The second-order valence-electron chi connectivity index (χ2n) is 3.83. The third kappa shape index (κ3) is 3.75. The lowest BCUT2D eigenvalue weighted by atomic mass is 10.1. The topological polar surface area (TPSA) is 60.2 Å². The van der Waals surface area contributed by atoms with Crippen molar-refractivity contribution in [2.45, 2.75) is 0 Å². The van der Waals surface area contributed by atoms with E-state index in [-0.39, 0.29) is 11.4 Å². The van der Waals surface area contributed by atoms with Crippen LogP contribution in [0, 0.1) is 0 Å². The molecule has 1 heterocycles. The van der Waals surface area contributed by atoms with Crippen molar-refractivity contribution in [3.05, 3.63) is 51.8 Å². The molecule has 2 N–H and O–H groups in total.